The fourth-order valence-corrected chi connectivity index (χ4v) is 5.49. The van der Waals surface area contributed by atoms with Gasteiger partial charge in [-0.1, -0.05) is 36.4 Å². The third-order valence-corrected chi connectivity index (χ3v) is 7.71. The van der Waals surface area contributed by atoms with Crippen molar-refractivity contribution in [1.82, 2.24) is 14.9 Å². The van der Waals surface area contributed by atoms with Gasteiger partial charge in [0, 0.05) is 60.3 Å². The molecule has 0 bridgehead atoms. The minimum Gasteiger partial charge on any atom is -0.354 e. The van der Waals surface area contributed by atoms with E-state index in [0.29, 0.717) is 28.9 Å². The first-order valence-electron chi connectivity index (χ1n) is 14.0. The first kappa shape index (κ1) is 26.9. The summed E-state index contributed by atoms with van der Waals surface area (Å²) in [6.45, 7) is 1.59. The van der Waals surface area contributed by atoms with Crippen molar-refractivity contribution in [3.63, 3.8) is 0 Å². The van der Waals surface area contributed by atoms with Gasteiger partial charge in [0.2, 0.25) is 5.91 Å². The Balaban J connectivity index is 1.30. The van der Waals surface area contributed by atoms with Gasteiger partial charge >= 0.3 is 0 Å². The Morgan fingerprint density at radius 3 is 2.55 bits per heavy atom. The van der Waals surface area contributed by atoms with Gasteiger partial charge in [-0.3, -0.25) is 19.7 Å². The molecule has 3 N–H and O–H groups in total. The molecule has 1 fully saturated rings. The number of likely N-dealkylation sites (tertiary alicyclic amines) is 1. The standard InChI is InChI=1S/C32H30N6O4/c39-29-5-1-2-16-37(29)17-3-4-21-6-8-23(9-7-21)31(35-24-12-10-22(11-13-24)28-19-33-20-34-28)30-26-18-25(38(41)42)14-15-27(26)36-32(30)40/h6-15,18-20,35H,1-5,16-17H2,(H,33,34)(H,36,40). The van der Waals surface area contributed by atoms with E-state index in [-0.39, 0.29) is 17.5 Å². The van der Waals surface area contributed by atoms with Gasteiger partial charge in [0.15, 0.2) is 0 Å². The Morgan fingerprint density at radius 1 is 1.02 bits per heavy atom. The summed E-state index contributed by atoms with van der Waals surface area (Å²) in [4.78, 5) is 45.7. The van der Waals surface area contributed by atoms with Crippen molar-refractivity contribution in [2.45, 2.75) is 32.1 Å². The van der Waals surface area contributed by atoms with Crippen molar-refractivity contribution in [2.24, 2.45) is 0 Å². The number of nitro benzene ring substituents is 1. The topological polar surface area (TPSA) is 133 Å². The number of nitro groups is 1. The van der Waals surface area contributed by atoms with Gasteiger partial charge in [0.05, 0.1) is 28.2 Å². The third kappa shape index (κ3) is 5.64. The average molecular weight is 563 g/mol. The lowest BCUT2D eigenvalue weighted by molar-refractivity contribution is -0.384. The number of carbonyl (C=O) groups is 2. The quantitative estimate of drug-likeness (QED) is 0.133. The monoisotopic (exact) mass is 562 g/mol. The highest BCUT2D eigenvalue weighted by molar-refractivity contribution is 6.37. The van der Waals surface area contributed by atoms with E-state index < -0.39 is 4.92 Å². The van der Waals surface area contributed by atoms with E-state index in [4.69, 9.17) is 0 Å². The molecule has 0 atom stereocenters. The van der Waals surface area contributed by atoms with Crippen LogP contribution in [0.2, 0.25) is 0 Å². The molecule has 0 unspecified atom stereocenters. The number of piperidine rings is 1. The van der Waals surface area contributed by atoms with Crippen LogP contribution in [0.25, 0.3) is 22.5 Å². The number of aromatic nitrogens is 2. The molecule has 2 aliphatic heterocycles. The summed E-state index contributed by atoms with van der Waals surface area (Å²) < 4.78 is 0. The smallest absolute Gasteiger partial charge is 0.270 e. The molecule has 4 aromatic rings. The Bertz CT molecular complexity index is 1660. The number of nitrogens with zero attached hydrogens (tertiary/aromatic N) is 3. The largest absolute Gasteiger partial charge is 0.354 e. The normalized spacial score (nSPS) is 15.8. The van der Waals surface area contributed by atoms with Crippen LogP contribution in [0, 0.1) is 10.1 Å². The summed E-state index contributed by atoms with van der Waals surface area (Å²) in [6.07, 6.45) is 7.82. The van der Waals surface area contributed by atoms with Crippen LogP contribution in [0.4, 0.5) is 17.1 Å². The predicted molar refractivity (Wildman–Crippen MR) is 161 cm³/mol. The summed E-state index contributed by atoms with van der Waals surface area (Å²) >= 11 is 0. The molecule has 6 rings (SSSR count). The van der Waals surface area contributed by atoms with Crippen LogP contribution in [0.5, 0.6) is 0 Å². The molecule has 1 aromatic heterocycles. The number of aromatic amines is 1. The van der Waals surface area contributed by atoms with Crippen molar-refractivity contribution in [1.29, 1.82) is 0 Å². The number of carbonyl (C=O) groups excluding carboxylic acids is 2. The summed E-state index contributed by atoms with van der Waals surface area (Å²) in [5.74, 6) is -0.0943. The number of aryl methyl sites for hydroxylation is 1. The van der Waals surface area contributed by atoms with Crippen LogP contribution in [-0.4, -0.2) is 44.7 Å². The van der Waals surface area contributed by atoms with Gasteiger partial charge in [0.25, 0.3) is 11.6 Å². The summed E-state index contributed by atoms with van der Waals surface area (Å²) in [6, 6.07) is 20.0. The Labute approximate surface area is 242 Å². The van der Waals surface area contributed by atoms with E-state index >= 15 is 0 Å². The average Bonchev–Trinajstić information content (AvgIpc) is 3.65. The number of non-ortho nitro benzene ring substituents is 1. The maximum atomic E-state index is 13.3. The predicted octanol–water partition coefficient (Wildman–Crippen LogP) is 5.86. The maximum absolute atomic E-state index is 13.3. The van der Waals surface area contributed by atoms with Crippen molar-refractivity contribution >= 4 is 40.1 Å². The zero-order valence-corrected chi connectivity index (χ0v) is 22.9. The fraction of sp³-hybridized carbons (Fsp3) is 0.219. The van der Waals surface area contributed by atoms with E-state index in [0.717, 1.165) is 66.8 Å². The number of benzene rings is 3. The first-order chi connectivity index (χ1) is 20.5. The van der Waals surface area contributed by atoms with Crippen LogP contribution in [0.1, 0.15) is 42.4 Å². The van der Waals surface area contributed by atoms with Crippen LogP contribution >= 0.6 is 0 Å². The van der Waals surface area contributed by atoms with E-state index in [2.05, 4.69) is 20.6 Å². The van der Waals surface area contributed by atoms with Crippen LogP contribution in [0.3, 0.4) is 0 Å². The molecule has 10 heteroatoms. The molecule has 2 aliphatic rings. The molecule has 2 amide bonds. The number of hydrogen-bond donors (Lipinski definition) is 3. The van der Waals surface area contributed by atoms with E-state index in [1.54, 1.807) is 12.4 Å². The van der Waals surface area contributed by atoms with Gasteiger partial charge in [-0.25, -0.2) is 4.98 Å². The SMILES string of the molecule is O=C1Nc2ccc([N+](=O)[O-])cc2C1=C(Nc1ccc(-c2c[nH]cn2)cc1)c1ccc(CCCN2CCCCC2=O)cc1. The number of H-pyrrole nitrogens is 1. The number of rotatable bonds is 9. The first-order valence-corrected chi connectivity index (χ1v) is 14.0. The minimum absolute atomic E-state index is 0.0898. The number of nitrogens with one attached hydrogen (secondary N) is 3. The number of anilines is 2. The Morgan fingerprint density at radius 2 is 1.83 bits per heavy atom. The highest BCUT2D eigenvalue weighted by Crippen LogP contribution is 2.39. The van der Waals surface area contributed by atoms with Gasteiger partial charge in [-0.05, 0) is 55.0 Å². The molecule has 0 aliphatic carbocycles. The molecular formula is C32H30N6O4. The van der Waals surface area contributed by atoms with Crippen molar-refractivity contribution in [3.8, 4) is 11.3 Å². The lowest BCUT2D eigenvalue weighted by atomic mass is 9.98. The van der Waals surface area contributed by atoms with Crippen molar-refractivity contribution in [3.05, 3.63) is 106 Å². The minimum atomic E-state index is -0.464. The van der Waals surface area contributed by atoms with Crippen LogP contribution in [-0.2, 0) is 16.0 Å². The summed E-state index contributed by atoms with van der Waals surface area (Å²) in [5, 5.41) is 17.8. The second kappa shape index (κ2) is 11.7. The Hall–Kier alpha value is -5.25. The molecule has 3 aromatic carbocycles. The van der Waals surface area contributed by atoms with Gasteiger partial charge in [0.1, 0.15) is 0 Å². The van der Waals surface area contributed by atoms with E-state index in [9.17, 15) is 19.7 Å². The van der Waals surface area contributed by atoms with E-state index in [1.807, 2.05) is 59.6 Å². The summed E-state index contributed by atoms with van der Waals surface area (Å²) in [7, 11) is 0. The zero-order valence-electron chi connectivity index (χ0n) is 22.9. The maximum Gasteiger partial charge on any atom is 0.270 e. The molecular weight excluding hydrogens is 532 g/mol. The molecule has 1 saturated heterocycles. The van der Waals surface area contributed by atoms with Gasteiger partial charge in [-0.2, -0.15) is 0 Å². The third-order valence-electron chi connectivity index (χ3n) is 7.71. The highest BCUT2D eigenvalue weighted by atomic mass is 16.6. The lowest BCUT2D eigenvalue weighted by Gasteiger charge is -2.26. The molecule has 0 radical (unpaired) electrons. The fourth-order valence-electron chi connectivity index (χ4n) is 5.49. The Kier molecular flexibility index (Phi) is 7.50. The number of amides is 2. The molecule has 0 saturated carbocycles. The number of fused-ring (bicyclic) bond motifs is 1. The lowest BCUT2D eigenvalue weighted by Crippen LogP contribution is -2.36. The molecule has 42 heavy (non-hydrogen) atoms. The van der Waals surface area contributed by atoms with E-state index in [1.165, 1.54) is 12.1 Å². The zero-order chi connectivity index (χ0) is 29.1. The van der Waals surface area contributed by atoms with Gasteiger partial charge in [-0.15, -0.1) is 0 Å². The molecule has 212 valence electrons. The highest BCUT2D eigenvalue weighted by Gasteiger charge is 2.30. The molecule has 10 nitrogen and oxygen atoms in total. The molecule has 0 spiro atoms. The number of hydrogen-bond acceptors (Lipinski definition) is 6. The second-order valence-electron chi connectivity index (χ2n) is 10.5. The van der Waals surface area contributed by atoms with Gasteiger partial charge < -0.3 is 20.5 Å². The van der Waals surface area contributed by atoms with Crippen molar-refractivity contribution in [2.75, 3.05) is 23.7 Å². The summed E-state index contributed by atoms with van der Waals surface area (Å²) in [5.41, 5.74) is 6.19. The molecule has 3 heterocycles. The number of imidazole rings is 1. The van der Waals surface area contributed by atoms with Crippen molar-refractivity contribution < 1.29 is 14.5 Å². The second-order valence-corrected chi connectivity index (χ2v) is 10.5. The van der Waals surface area contributed by atoms with Crippen LogP contribution in [0.15, 0.2) is 79.3 Å². The van der Waals surface area contributed by atoms with Crippen LogP contribution < -0.4 is 10.6 Å².